The first-order valence-electron chi connectivity index (χ1n) is 8.01. The number of aromatic nitrogens is 1. The Kier molecular flexibility index (Phi) is 6.16. The molecule has 1 N–H and O–H groups in total. The number of hydrogen-bond donors (Lipinski definition) is 1. The van der Waals surface area contributed by atoms with Gasteiger partial charge in [-0.2, -0.15) is 0 Å². The average Bonchev–Trinajstić information content (AvgIpc) is 2.85. The van der Waals surface area contributed by atoms with Crippen LogP contribution in [-0.2, 0) is 16.4 Å². The summed E-state index contributed by atoms with van der Waals surface area (Å²) >= 11 is 1.47. The Balaban J connectivity index is 1.84. The summed E-state index contributed by atoms with van der Waals surface area (Å²) in [6, 6.07) is 0. The Morgan fingerprint density at radius 2 is 2.04 bits per heavy atom. The van der Waals surface area contributed by atoms with Crippen LogP contribution in [0.5, 0.6) is 0 Å². The Morgan fingerprint density at radius 3 is 2.61 bits per heavy atom. The molecule has 1 aliphatic heterocycles. The van der Waals surface area contributed by atoms with Gasteiger partial charge in [0.1, 0.15) is 4.88 Å². The number of aryl methyl sites for hydroxylation is 2. The lowest BCUT2D eigenvalue weighted by molar-refractivity contribution is 0.0945. The maximum Gasteiger partial charge on any atom is 0.263 e. The van der Waals surface area contributed by atoms with Crippen LogP contribution in [0.2, 0.25) is 0 Å². The van der Waals surface area contributed by atoms with Crippen LogP contribution in [0.4, 0.5) is 0 Å². The highest BCUT2D eigenvalue weighted by Crippen LogP contribution is 2.21. The number of thiazole rings is 1. The van der Waals surface area contributed by atoms with E-state index in [0.29, 0.717) is 30.4 Å². The van der Waals surface area contributed by atoms with E-state index in [-0.39, 0.29) is 5.91 Å². The first-order chi connectivity index (χ1) is 10.8. The minimum atomic E-state index is -3.09. The maximum absolute atomic E-state index is 12.3. The fraction of sp³-hybridized carbons (Fsp3) is 0.733. The standard InChI is InChI=1S/C15H25N3O3S2/c1-4-5-13-17-11(2)14(22-13)15(19)16-10-12-6-8-18(9-7-12)23(3,20)21/h12H,4-10H2,1-3H3,(H,16,19). The van der Waals surface area contributed by atoms with E-state index < -0.39 is 10.0 Å². The molecule has 1 aromatic heterocycles. The molecule has 1 fully saturated rings. The molecular formula is C15H25N3O3S2. The van der Waals surface area contributed by atoms with E-state index in [1.807, 2.05) is 6.92 Å². The molecular weight excluding hydrogens is 334 g/mol. The van der Waals surface area contributed by atoms with Crippen molar-refractivity contribution in [1.82, 2.24) is 14.6 Å². The van der Waals surface area contributed by atoms with E-state index in [0.717, 1.165) is 36.4 Å². The highest BCUT2D eigenvalue weighted by atomic mass is 32.2. The van der Waals surface area contributed by atoms with E-state index in [1.54, 1.807) is 0 Å². The van der Waals surface area contributed by atoms with Crippen molar-refractivity contribution in [3.05, 3.63) is 15.6 Å². The van der Waals surface area contributed by atoms with E-state index in [4.69, 9.17) is 0 Å². The van der Waals surface area contributed by atoms with Gasteiger partial charge in [0, 0.05) is 19.6 Å². The summed E-state index contributed by atoms with van der Waals surface area (Å²) < 4.78 is 24.5. The van der Waals surface area contributed by atoms with Gasteiger partial charge in [0.05, 0.1) is 17.0 Å². The number of nitrogens with one attached hydrogen (secondary N) is 1. The minimum Gasteiger partial charge on any atom is -0.351 e. The van der Waals surface area contributed by atoms with Gasteiger partial charge in [0.25, 0.3) is 5.91 Å². The zero-order valence-corrected chi connectivity index (χ0v) is 15.6. The fourth-order valence-electron chi connectivity index (χ4n) is 2.75. The molecule has 2 heterocycles. The molecule has 0 atom stereocenters. The Morgan fingerprint density at radius 1 is 1.39 bits per heavy atom. The highest BCUT2D eigenvalue weighted by Gasteiger charge is 2.25. The molecule has 2 rings (SSSR count). The van der Waals surface area contributed by atoms with Gasteiger partial charge in [-0.25, -0.2) is 17.7 Å². The maximum atomic E-state index is 12.3. The number of hydrogen-bond acceptors (Lipinski definition) is 5. The van der Waals surface area contributed by atoms with Crippen molar-refractivity contribution in [2.45, 2.75) is 39.5 Å². The fourth-order valence-corrected chi connectivity index (χ4v) is 4.70. The van der Waals surface area contributed by atoms with Crippen molar-refractivity contribution < 1.29 is 13.2 Å². The second-order valence-corrected chi connectivity index (χ2v) is 9.15. The lowest BCUT2D eigenvalue weighted by atomic mass is 9.98. The molecule has 1 saturated heterocycles. The lowest BCUT2D eigenvalue weighted by Gasteiger charge is -2.30. The smallest absolute Gasteiger partial charge is 0.263 e. The molecule has 0 aromatic carbocycles. The zero-order chi connectivity index (χ0) is 17.0. The van der Waals surface area contributed by atoms with Crippen molar-refractivity contribution in [2.75, 3.05) is 25.9 Å². The Bertz CT molecular complexity index is 647. The summed E-state index contributed by atoms with van der Waals surface area (Å²) in [4.78, 5) is 17.4. The molecule has 0 unspecified atom stereocenters. The molecule has 1 amide bonds. The van der Waals surface area contributed by atoms with Gasteiger partial charge in [0.2, 0.25) is 10.0 Å². The third kappa shape index (κ3) is 4.99. The molecule has 130 valence electrons. The normalized spacial score (nSPS) is 17.3. The third-order valence-corrected chi connectivity index (χ3v) is 6.62. The highest BCUT2D eigenvalue weighted by molar-refractivity contribution is 7.88. The average molecular weight is 360 g/mol. The predicted octanol–water partition coefficient (Wildman–Crippen LogP) is 1.81. The van der Waals surface area contributed by atoms with Crippen LogP contribution in [0, 0.1) is 12.8 Å². The SMILES string of the molecule is CCCc1nc(C)c(C(=O)NCC2CCN(S(C)(=O)=O)CC2)s1. The first-order valence-corrected chi connectivity index (χ1v) is 10.7. The molecule has 1 aliphatic rings. The van der Waals surface area contributed by atoms with E-state index >= 15 is 0 Å². The van der Waals surface area contributed by atoms with Gasteiger partial charge in [-0.1, -0.05) is 6.92 Å². The molecule has 6 nitrogen and oxygen atoms in total. The van der Waals surface area contributed by atoms with Crippen LogP contribution in [0.15, 0.2) is 0 Å². The third-order valence-electron chi connectivity index (χ3n) is 4.10. The second kappa shape index (κ2) is 7.72. The minimum absolute atomic E-state index is 0.0621. The molecule has 0 radical (unpaired) electrons. The zero-order valence-electron chi connectivity index (χ0n) is 14.0. The number of nitrogens with zero attached hydrogens (tertiary/aromatic N) is 2. The van der Waals surface area contributed by atoms with Crippen LogP contribution in [-0.4, -0.2) is 49.5 Å². The predicted molar refractivity (Wildman–Crippen MR) is 92.3 cm³/mol. The molecule has 0 spiro atoms. The van der Waals surface area contributed by atoms with E-state index in [2.05, 4.69) is 17.2 Å². The van der Waals surface area contributed by atoms with Gasteiger partial charge < -0.3 is 5.32 Å². The molecule has 0 aliphatic carbocycles. The lowest BCUT2D eigenvalue weighted by Crippen LogP contribution is -2.41. The van der Waals surface area contributed by atoms with Crippen molar-refractivity contribution in [1.29, 1.82) is 0 Å². The second-order valence-electron chi connectivity index (χ2n) is 6.09. The van der Waals surface area contributed by atoms with Gasteiger partial charge >= 0.3 is 0 Å². The van der Waals surface area contributed by atoms with Crippen LogP contribution in [0.1, 0.15) is 46.6 Å². The van der Waals surface area contributed by atoms with Gasteiger partial charge in [0.15, 0.2) is 0 Å². The number of amides is 1. The number of piperidine rings is 1. The van der Waals surface area contributed by atoms with Gasteiger partial charge in [-0.05, 0) is 38.5 Å². The summed E-state index contributed by atoms with van der Waals surface area (Å²) in [7, 11) is -3.09. The number of carbonyl (C=O) groups is 1. The van der Waals surface area contributed by atoms with Crippen molar-refractivity contribution in [2.24, 2.45) is 5.92 Å². The van der Waals surface area contributed by atoms with Crippen LogP contribution < -0.4 is 5.32 Å². The summed E-state index contributed by atoms with van der Waals surface area (Å²) in [6.45, 7) is 5.64. The number of rotatable bonds is 6. The monoisotopic (exact) mass is 359 g/mol. The van der Waals surface area contributed by atoms with Crippen LogP contribution in [0.25, 0.3) is 0 Å². The Hall–Kier alpha value is -0.990. The summed E-state index contributed by atoms with van der Waals surface area (Å²) in [5.74, 6) is 0.271. The summed E-state index contributed by atoms with van der Waals surface area (Å²) in [6.07, 6.45) is 4.75. The molecule has 0 saturated carbocycles. The Labute approximate surface area is 142 Å². The van der Waals surface area contributed by atoms with Crippen molar-refractivity contribution in [3.63, 3.8) is 0 Å². The van der Waals surface area contributed by atoms with Crippen LogP contribution >= 0.6 is 11.3 Å². The molecule has 8 heteroatoms. The van der Waals surface area contributed by atoms with Crippen molar-refractivity contribution >= 4 is 27.3 Å². The van der Waals surface area contributed by atoms with Crippen LogP contribution in [0.3, 0.4) is 0 Å². The quantitative estimate of drug-likeness (QED) is 0.840. The van der Waals surface area contributed by atoms with Crippen molar-refractivity contribution in [3.8, 4) is 0 Å². The van der Waals surface area contributed by atoms with Gasteiger partial charge in [-0.15, -0.1) is 11.3 Å². The molecule has 0 bridgehead atoms. The number of sulfonamides is 1. The summed E-state index contributed by atoms with van der Waals surface area (Å²) in [5, 5.41) is 3.99. The van der Waals surface area contributed by atoms with E-state index in [1.165, 1.54) is 21.9 Å². The number of carbonyl (C=O) groups excluding carboxylic acids is 1. The molecule has 23 heavy (non-hydrogen) atoms. The van der Waals surface area contributed by atoms with E-state index in [9.17, 15) is 13.2 Å². The summed E-state index contributed by atoms with van der Waals surface area (Å²) in [5.41, 5.74) is 0.794. The first kappa shape index (κ1) is 18.4. The molecule has 1 aromatic rings. The largest absolute Gasteiger partial charge is 0.351 e. The topological polar surface area (TPSA) is 79.4 Å². The van der Waals surface area contributed by atoms with Gasteiger partial charge in [-0.3, -0.25) is 4.79 Å².